The molecule has 0 saturated heterocycles. The highest BCUT2D eigenvalue weighted by atomic mass is 32.2. The molecule has 5 nitrogen and oxygen atoms in total. The van der Waals surface area contributed by atoms with Gasteiger partial charge in [0, 0.05) is 18.1 Å². The molecule has 1 aliphatic heterocycles. The zero-order chi connectivity index (χ0) is 16.4. The summed E-state index contributed by atoms with van der Waals surface area (Å²) in [7, 11) is 0. The van der Waals surface area contributed by atoms with Gasteiger partial charge in [0.15, 0.2) is 5.16 Å². The molecule has 1 amide bonds. The molecule has 1 atom stereocenters. The van der Waals surface area contributed by atoms with Crippen molar-refractivity contribution in [1.82, 2.24) is 9.97 Å². The Morgan fingerprint density at radius 2 is 2.04 bits per heavy atom. The summed E-state index contributed by atoms with van der Waals surface area (Å²) in [6.07, 6.45) is 1.10. The number of hydrogen-bond donors (Lipinski definition) is 2. The van der Waals surface area contributed by atoms with E-state index in [0.717, 1.165) is 17.7 Å². The van der Waals surface area contributed by atoms with E-state index in [4.69, 9.17) is 0 Å². The van der Waals surface area contributed by atoms with Crippen molar-refractivity contribution in [3.05, 3.63) is 51.6 Å². The quantitative estimate of drug-likeness (QED) is 0.666. The third-order valence-electron chi connectivity index (χ3n) is 3.64. The maximum absolute atomic E-state index is 13.1. The van der Waals surface area contributed by atoms with Crippen LogP contribution in [0.15, 0.2) is 34.2 Å². The second-order valence-electron chi connectivity index (χ2n) is 5.34. The Labute approximate surface area is 136 Å². The number of carbonyl (C=O) groups is 1. The first-order chi connectivity index (χ1) is 11.1. The fourth-order valence-electron chi connectivity index (χ4n) is 2.60. The minimum absolute atomic E-state index is 0.144. The maximum Gasteiger partial charge on any atom is 0.257 e. The predicted molar refractivity (Wildman–Crippen MR) is 87.4 cm³/mol. The van der Waals surface area contributed by atoms with E-state index in [9.17, 15) is 14.0 Å². The lowest BCUT2D eigenvalue weighted by molar-refractivity contribution is -0.116. The van der Waals surface area contributed by atoms with E-state index >= 15 is 0 Å². The molecule has 1 aromatic carbocycles. The third kappa shape index (κ3) is 3.29. The second-order valence-corrected chi connectivity index (χ2v) is 6.42. The summed E-state index contributed by atoms with van der Waals surface area (Å²) in [5.74, 6) is 0.166. The standard InChI is InChI=1S/C16H16FN3O2S/c1-2-7-23-16-19-14-13(15(22)20-16)11(8-12(21)18-14)9-3-5-10(17)6-4-9/h3-6,11H,2,7-8H2,1H3,(H2,18,19,20,21,22). The van der Waals surface area contributed by atoms with E-state index in [-0.39, 0.29) is 23.7 Å². The number of halogens is 1. The Bertz CT molecular complexity index is 789. The average molecular weight is 333 g/mol. The van der Waals surface area contributed by atoms with E-state index in [1.807, 2.05) is 6.92 Å². The van der Waals surface area contributed by atoms with Gasteiger partial charge in [-0.2, -0.15) is 0 Å². The molecule has 0 spiro atoms. The topological polar surface area (TPSA) is 74.8 Å². The summed E-state index contributed by atoms with van der Waals surface area (Å²) in [4.78, 5) is 31.6. The molecule has 120 valence electrons. The number of aromatic amines is 1. The number of carbonyl (C=O) groups excluding carboxylic acids is 1. The van der Waals surface area contributed by atoms with Crippen LogP contribution >= 0.6 is 11.8 Å². The summed E-state index contributed by atoms with van der Waals surface area (Å²) in [6, 6.07) is 5.85. The number of thioether (sulfide) groups is 1. The summed E-state index contributed by atoms with van der Waals surface area (Å²) in [5, 5.41) is 3.17. The van der Waals surface area contributed by atoms with Gasteiger partial charge in [-0.05, 0) is 24.1 Å². The first-order valence-corrected chi connectivity index (χ1v) is 8.39. The number of fused-ring (bicyclic) bond motifs is 1. The first-order valence-electron chi connectivity index (χ1n) is 7.40. The summed E-state index contributed by atoms with van der Waals surface area (Å²) >= 11 is 1.44. The second kappa shape index (κ2) is 6.54. The Kier molecular flexibility index (Phi) is 4.47. The molecule has 0 bridgehead atoms. The lowest BCUT2D eigenvalue weighted by Crippen LogP contribution is -2.31. The number of nitrogens with one attached hydrogen (secondary N) is 2. The number of benzene rings is 1. The molecule has 2 N–H and O–H groups in total. The van der Waals surface area contributed by atoms with Crippen LogP contribution in [0.2, 0.25) is 0 Å². The van der Waals surface area contributed by atoms with Gasteiger partial charge in [0.05, 0.1) is 5.56 Å². The first kappa shape index (κ1) is 15.7. The molecule has 1 aromatic heterocycles. The average Bonchev–Trinajstić information content (AvgIpc) is 2.52. The molecule has 2 heterocycles. The van der Waals surface area contributed by atoms with Crippen molar-refractivity contribution in [3.63, 3.8) is 0 Å². The van der Waals surface area contributed by atoms with Crippen molar-refractivity contribution in [2.75, 3.05) is 11.1 Å². The molecular formula is C16H16FN3O2S. The van der Waals surface area contributed by atoms with Gasteiger partial charge < -0.3 is 10.3 Å². The van der Waals surface area contributed by atoms with Gasteiger partial charge in [-0.3, -0.25) is 9.59 Å². The molecule has 0 aliphatic carbocycles. The highest BCUT2D eigenvalue weighted by Crippen LogP contribution is 2.34. The molecule has 1 aliphatic rings. The van der Waals surface area contributed by atoms with Gasteiger partial charge in [-0.15, -0.1) is 0 Å². The molecule has 3 rings (SSSR count). The highest BCUT2D eigenvalue weighted by molar-refractivity contribution is 7.99. The minimum atomic E-state index is -0.416. The summed E-state index contributed by atoms with van der Waals surface area (Å²) in [5.41, 5.74) is 0.892. The number of rotatable bonds is 4. The monoisotopic (exact) mass is 333 g/mol. The van der Waals surface area contributed by atoms with Crippen LogP contribution in [-0.2, 0) is 4.79 Å². The Hall–Kier alpha value is -2.15. The van der Waals surface area contributed by atoms with Gasteiger partial charge in [-0.1, -0.05) is 30.8 Å². The number of anilines is 1. The van der Waals surface area contributed by atoms with Gasteiger partial charge in [-0.25, -0.2) is 9.37 Å². The van der Waals surface area contributed by atoms with E-state index in [0.29, 0.717) is 16.5 Å². The van der Waals surface area contributed by atoms with Crippen molar-refractivity contribution in [2.24, 2.45) is 0 Å². The van der Waals surface area contributed by atoms with Crippen LogP contribution < -0.4 is 10.9 Å². The summed E-state index contributed by atoms with van der Waals surface area (Å²) in [6.45, 7) is 2.04. The molecule has 0 fully saturated rings. The van der Waals surface area contributed by atoms with Gasteiger partial charge >= 0.3 is 0 Å². The largest absolute Gasteiger partial charge is 0.310 e. The fraction of sp³-hybridized carbons (Fsp3) is 0.312. The van der Waals surface area contributed by atoms with E-state index in [1.165, 1.54) is 23.9 Å². The number of amides is 1. The molecule has 23 heavy (non-hydrogen) atoms. The number of H-pyrrole nitrogens is 1. The molecule has 2 aromatic rings. The Morgan fingerprint density at radius 1 is 1.30 bits per heavy atom. The predicted octanol–water partition coefficient (Wildman–Crippen LogP) is 2.89. The molecule has 0 saturated carbocycles. The van der Waals surface area contributed by atoms with Crippen molar-refractivity contribution < 1.29 is 9.18 Å². The Balaban J connectivity index is 2.05. The number of aromatic nitrogens is 2. The van der Waals surface area contributed by atoms with Crippen LogP contribution in [0.25, 0.3) is 0 Å². The van der Waals surface area contributed by atoms with Crippen LogP contribution in [0, 0.1) is 5.82 Å². The van der Waals surface area contributed by atoms with Crippen molar-refractivity contribution >= 4 is 23.5 Å². The lowest BCUT2D eigenvalue weighted by atomic mass is 9.87. The van der Waals surface area contributed by atoms with Gasteiger partial charge in [0.1, 0.15) is 11.6 Å². The number of nitrogens with zero attached hydrogens (tertiary/aromatic N) is 1. The van der Waals surface area contributed by atoms with Gasteiger partial charge in [0.2, 0.25) is 5.91 Å². The third-order valence-corrected chi connectivity index (χ3v) is 4.72. The van der Waals surface area contributed by atoms with Crippen molar-refractivity contribution in [2.45, 2.75) is 30.8 Å². The minimum Gasteiger partial charge on any atom is -0.310 e. The molecule has 0 radical (unpaired) electrons. The van der Waals surface area contributed by atoms with Crippen LogP contribution in [0.4, 0.5) is 10.2 Å². The molecule has 7 heteroatoms. The normalized spacial score (nSPS) is 16.8. The summed E-state index contributed by atoms with van der Waals surface area (Å²) < 4.78 is 13.1. The van der Waals surface area contributed by atoms with Crippen LogP contribution in [0.1, 0.15) is 36.8 Å². The van der Waals surface area contributed by atoms with Crippen LogP contribution in [0.5, 0.6) is 0 Å². The molecular weight excluding hydrogens is 317 g/mol. The van der Waals surface area contributed by atoms with E-state index in [1.54, 1.807) is 12.1 Å². The smallest absolute Gasteiger partial charge is 0.257 e. The Morgan fingerprint density at radius 3 is 2.74 bits per heavy atom. The van der Waals surface area contributed by atoms with E-state index in [2.05, 4.69) is 15.3 Å². The van der Waals surface area contributed by atoms with E-state index < -0.39 is 5.92 Å². The van der Waals surface area contributed by atoms with Crippen molar-refractivity contribution in [1.29, 1.82) is 0 Å². The zero-order valence-electron chi connectivity index (χ0n) is 12.6. The highest BCUT2D eigenvalue weighted by Gasteiger charge is 2.30. The van der Waals surface area contributed by atoms with Crippen LogP contribution in [-0.4, -0.2) is 21.6 Å². The number of hydrogen-bond acceptors (Lipinski definition) is 4. The van der Waals surface area contributed by atoms with Crippen molar-refractivity contribution in [3.8, 4) is 0 Å². The molecule has 1 unspecified atom stereocenters. The lowest BCUT2D eigenvalue weighted by Gasteiger charge is -2.24. The van der Waals surface area contributed by atoms with Crippen LogP contribution in [0.3, 0.4) is 0 Å². The zero-order valence-corrected chi connectivity index (χ0v) is 13.4. The SMILES string of the molecule is CCCSc1nc2c(c(=O)[nH]1)C(c1ccc(F)cc1)CC(=O)N2. The van der Waals surface area contributed by atoms with Gasteiger partial charge in [0.25, 0.3) is 5.56 Å². The fourth-order valence-corrected chi connectivity index (χ4v) is 3.32. The maximum atomic E-state index is 13.1.